The Morgan fingerprint density at radius 3 is 2.39 bits per heavy atom. The van der Waals surface area contributed by atoms with Gasteiger partial charge in [0, 0.05) is 12.1 Å². The third-order valence-electron chi connectivity index (χ3n) is 6.04. The van der Waals surface area contributed by atoms with Gasteiger partial charge < -0.3 is 14.2 Å². The van der Waals surface area contributed by atoms with Gasteiger partial charge >= 0.3 is 0 Å². The molecule has 4 rings (SSSR count). The Labute approximate surface area is 228 Å². The van der Waals surface area contributed by atoms with Crippen LogP contribution in [0.2, 0.25) is 0 Å². The van der Waals surface area contributed by atoms with Crippen molar-refractivity contribution in [3.05, 3.63) is 100 Å². The Morgan fingerprint density at radius 1 is 1.03 bits per heavy atom. The molecule has 6 nitrogen and oxygen atoms in total. The van der Waals surface area contributed by atoms with E-state index in [4.69, 9.17) is 19.2 Å². The van der Waals surface area contributed by atoms with Gasteiger partial charge in [-0.1, -0.05) is 35.9 Å². The smallest absolute Gasteiger partial charge is 0.266 e. The fraction of sp³-hybridized carbons (Fsp3) is 0.226. The molecule has 0 bridgehead atoms. The lowest BCUT2D eigenvalue weighted by atomic mass is 10.0. The zero-order chi connectivity index (χ0) is 27.1. The van der Waals surface area contributed by atoms with Crippen LogP contribution in [0.3, 0.4) is 0 Å². The molecule has 1 saturated heterocycles. The van der Waals surface area contributed by atoms with Crippen molar-refractivity contribution in [1.82, 2.24) is 4.90 Å². The molecule has 1 aliphatic heterocycles. The number of amides is 1. The first kappa shape index (κ1) is 27.1. The van der Waals surface area contributed by atoms with Crippen molar-refractivity contribution >= 4 is 34.6 Å². The number of carbonyl (C=O) groups is 1. The normalized spacial score (nSPS) is 15.3. The molecule has 7 heteroatoms. The number of rotatable bonds is 10. The number of carbonyl (C=O) groups excluding carboxylic acids is 1. The van der Waals surface area contributed by atoms with Crippen LogP contribution in [0, 0.1) is 6.92 Å². The minimum atomic E-state index is -0.0753. The largest absolute Gasteiger partial charge is 0.497 e. The molecule has 0 N–H and O–H groups in total. The summed E-state index contributed by atoms with van der Waals surface area (Å²) in [4.78, 5) is 20.2. The quantitative estimate of drug-likeness (QED) is 0.211. The summed E-state index contributed by atoms with van der Waals surface area (Å²) in [6, 6.07) is 19.6. The Balaban J connectivity index is 1.63. The molecule has 38 heavy (non-hydrogen) atoms. The Kier molecular flexibility index (Phi) is 8.92. The number of allylic oxidation sites excluding steroid dienone is 1. The van der Waals surface area contributed by atoms with E-state index < -0.39 is 0 Å². The number of benzene rings is 3. The number of ether oxygens (including phenoxy) is 3. The number of nitrogens with zero attached hydrogens (tertiary/aromatic N) is 2. The first-order valence-corrected chi connectivity index (χ1v) is 13.2. The maximum Gasteiger partial charge on any atom is 0.266 e. The van der Waals surface area contributed by atoms with Crippen LogP contribution >= 0.6 is 11.8 Å². The van der Waals surface area contributed by atoms with Crippen LogP contribution in [0.25, 0.3) is 6.08 Å². The molecule has 1 heterocycles. The lowest BCUT2D eigenvalue weighted by Crippen LogP contribution is -2.28. The SMILES string of the molecule is C=CCc1cc(/C=C2/SC(=Nc3ccc(OC)cc3)N(CC)C2=O)cc(OC)c1OCc1ccc(C)cc1. The van der Waals surface area contributed by atoms with Crippen LogP contribution in [0.5, 0.6) is 17.2 Å². The predicted octanol–water partition coefficient (Wildman–Crippen LogP) is 6.94. The summed E-state index contributed by atoms with van der Waals surface area (Å²) in [5, 5.41) is 0.644. The highest BCUT2D eigenvalue weighted by atomic mass is 32.2. The van der Waals surface area contributed by atoms with Gasteiger partial charge in [-0.05, 0) is 85.6 Å². The van der Waals surface area contributed by atoms with Gasteiger partial charge in [0.05, 0.1) is 24.8 Å². The Morgan fingerprint density at radius 2 is 1.76 bits per heavy atom. The number of likely N-dealkylation sites (N-methyl/N-ethyl adjacent to an activating group) is 1. The number of thioether (sulfide) groups is 1. The number of aryl methyl sites for hydroxylation is 1. The lowest BCUT2D eigenvalue weighted by Gasteiger charge is -2.16. The Hall–Kier alpha value is -3.97. The second-order valence-electron chi connectivity index (χ2n) is 8.73. The van der Waals surface area contributed by atoms with E-state index in [9.17, 15) is 4.79 Å². The fourth-order valence-electron chi connectivity index (χ4n) is 4.02. The summed E-state index contributed by atoms with van der Waals surface area (Å²) in [7, 11) is 3.25. The van der Waals surface area contributed by atoms with Crippen molar-refractivity contribution in [3.8, 4) is 17.2 Å². The molecular formula is C31H32N2O4S. The van der Waals surface area contributed by atoms with Crippen molar-refractivity contribution in [1.29, 1.82) is 0 Å². The van der Waals surface area contributed by atoms with Gasteiger partial charge in [0.2, 0.25) is 0 Å². The van der Waals surface area contributed by atoms with Gasteiger partial charge in [0.15, 0.2) is 16.7 Å². The zero-order valence-electron chi connectivity index (χ0n) is 22.2. The molecule has 0 unspecified atom stereocenters. The van der Waals surface area contributed by atoms with Crippen molar-refractivity contribution in [3.63, 3.8) is 0 Å². The minimum Gasteiger partial charge on any atom is -0.497 e. The maximum atomic E-state index is 13.2. The van der Waals surface area contributed by atoms with E-state index in [2.05, 4.69) is 37.8 Å². The number of hydrogen-bond acceptors (Lipinski definition) is 6. The fourth-order valence-corrected chi connectivity index (χ4v) is 5.08. The average molecular weight is 529 g/mol. The first-order chi connectivity index (χ1) is 18.4. The molecule has 3 aromatic carbocycles. The van der Waals surface area contributed by atoms with Crippen LogP contribution in [0.1, 0.15) is 29.2 Å². The number of amidine groups is 1. The van der Waals surface area contributed by atoms with E-state index in [1.807, 2.05) is 55.5 Å². The molecule has 1 amide bonds. The average Bonchev–Trinajstić information content (AvgIpc) is 3.22. The molecule has 0 spiro atoms. The molecule has 0 radical (unpaired) electrons. The van der Waals surface area contributed by atoms with Gasteiger partial charge in [0.25, 0.3) is 5.91 Å². The van der Waals surface area contributed by atoms with Crippen molar-refractivity contribution in [2.75, 3.05) is 20.8 Å². The van der Waals surface area contributed by atoms with Gasteiger partial charge in [-0.2, -0.15) is 0 Å². The third kappa shape index (κ3) is 6.29. The second kappa shape index (κ2) is 12.5. The zero-order valence-corrected chi connectivity index (χ0v) is 23.0. The van der Waals surface area contributed by atoms with E-state index in [0.717, 1.165) is 28.1 Å². The highest BCUT2D eigenvalue weighted by molar-refractivity contribution is 8.18. The predicted molar refractivity (Wildman–Crippen MR) is 155 cm³/mol. The number of hydrogen-bond donors (Lipinski definition) is 0. The van der Waals surface area contributed by atoms with Gasteiger partial charge in [-0.3, -0.25) is 9.69 Å². The first-order valence-electron chi connectivity index (χ1n) is 12.4. The van der Waals surface area contributed by atoms with Crippen molar-refractivity contribution < 1.29 is 19.0 Å². The van der Waals surface area contributed by atoms with Gasteiger partial charge in [-0.25, -0.2) is 4.99 Å². The van der Waals surface area contributed by atoms with Crippen LogP contribution < -0.4 is 14.2 Å². The molecular weight excluding hydrogens is 496 g/mol. The molecule has 0 aliphatic carbocycles. The molecule has 0 aromatic heterocycles. The standard InChI is InChI=1S/C31H32N2O4S/c1-6-8-24-17-23(18-27(36-5)29(24)37-20-22-11-9-21(3)10-12-22)19-28-30(34)33(7-2)31(38-28)32-25-13-15-26(35-4)16-14-25/h6,9-19H,1,7-8,20H2,2-5H3/b28-19+,32-31?. The summed E-state index contributed by atoms with van der Waals surface area (Å²) >= 11 is 1.36. The summed E-state index contributed by atoms with van der Waals surface area (Å²) in [6.45, 7) is 8.85. The van der Waals surface area contributed by atoms with Crippen molar-refractivity contribution in [2.45, 2.75) is 26.9 Å². The van der Waals surface area contributed by atoms with Gasteiger partial charge in [0.1, 0.15) is 12.4 Å². The third-order valence-corrected chi connectivity index (χ3v) is 7.05. The van der Waals surface area contributed by atoms with E-state index >= 15 is 0 Å². The Bertz CT molecular complexity index is 1360. The van der Waals surface area contributed by atoms with E-state index in [1.165, 1.54) is 17.3 Å². The van der Waals surface area contributed by atoms with Crippen molar-refractivity contribution in [2.24, 2.45) is 4.99 Å². The molecule has 196 valence electrons. The summed E-state index contributed by atoms with van der Waals surface area (Å²) < 4.78 is 17.2. The lowest BCUT2D eigenvalue weighted by molar-refractivity contribution is -0.122. The van der Waals surface area contributed by atoms with Gasteiger partial charge in [-0.15, -0.1) is 6.58 Å². The van der Waals surface area contributed by atoms with Crippen LogP contribution in [-0.4, -0.2) is 36.7 Å². The number of methoxy groups -OCH3 is 2. The molecule has 3 aromatic rings. The minimum absolute atomic E-state index is 0.0753. The molecule has 1 fully saturated rings. The summed E-state index contributed by atoms with van der Waals surface area (Å²) in [6.07, 6.45) is 4.31. The second-order valence-corrected chi connectivity index (χ2v) is 9.74. The van der Waals surface area contributed by atoms with Crippen LogP contribution in [0.4, 0.5) is 5.69 Å². The highest BCUT2D eigenvalue weighted by Crippen LogP contribution is 2.38. The maximum absolute atomic E-state index is 13.2. The van der Waals surface area contributed by atoms with Crippen LogP contribution in [0.15, 0.2) is 83.2 Å². The topological polar surface area (TPSA) is 60.4 Å². The molecule has 0 atom stereocenters. The monoisotopic (exact) mass is 528 g/mol. The molecule has 0 saturated carbocycles. The van der Waals surface area contributed by atoms with E-state index in [1.54, 1.807) is 19.1 Å². The van der Waals surface area contributed by atoms with E-state index in [-0.39, 0.29) is 5.91 Å². The number of aliphatic imine (C=N–C) groups is 1. The summed E-state index contributed by atoms with van der Waals surface area (Å²) in [5.74, 6) is 1.97. The van der Waals surface area contributed by atoms with E-state index in [0.29, 0.717) is 41.1 Å². The molecule has 1 aliphatic rings. The summed E-state index contributed by atoms with van der Waals surface area (Å²) in [5.41, 5.74) is 4.82. The highest BCUT2D eigenvalue weighted by Gasteiger charge is 2.32. The van der Waals surface area contributed by atoms with Crippen LogP contribution in [-0.2, 0) is 17.8 Å².